The molecule has 4 rings (SSSR count). The first kappa shape index (κ1) is 21.8. The average molecular weight is 472 g/mol. The van der Waals surface area contributed by atoms with Crippen molar-refractivity contribution in [2.24, 2.45) is 0 Å². The summed E-state index contributed by atoms with van der Waals surface area (Å²) in [6.45, 7) is 0. The number of sulfonamides is 1. The number of benzene rings is 2. The molecule has 166 valence electrons. The number of ether oxygens (including phenoxy) is 1. The highest BCUT2D eigenvalue weighted by Crippen LogP contribution is 2.30. The Morgan fingerprint density at radius 3 is 2.41 bits per heavy atom. The highest BCUT2D eigenvalue weighted by Gasteiger charge is 2.20. The van der Waals surface area contributed by atoms with Crippen LogP contribution in [0.15, 0.2) is 59.5 Å². The van der Waals surface area contributed by atoms with Crippen molar-refractivity contribution in [3.63, 3.8) is 0 Å². The maximum Gasteiger partial charge on any atom is 0.279 e. The number of methoxy groups -OCH3 is 1. The zero-order valence-electron chi connectivity index (χ0n) is 17.2. The van der Waals surface area contributed by atoms with Crippen LogP contribution in [-0.2, 0) is 22.9 Å². The highest BCUT2D eigenvalue weighted by atomic mass is 32.2. The van der Waals surface area contributed by atoms with E-state index in [1.165, 1.54) is 53.2 Å². The monoisotopic (exact) mass is 471 g/mol. The third-order valence-electron chi connectivity index (χ3n) is 5.04. The molecule has 0 spiro atoms. The molecule has 0 radical (unpaired) electrons. The third-order valence-corrected chi connectivity index (χ3v) is 7.66. The number of anilines is 1. The molecule has 0 fully saturated rings. The molecule has 1 aliphatic carbocycles. The molecule has 3 aromatic rings. The first-order valence-corrected chi connectivity index (χ1v) is 12.2. The lowest BCUT2D eigenvalue weighted by atomic mass is 10.2. The van der Waals surface area contributed by atoms with Crippen molar-refractivity contribution < 1.29 is 22.7 Å². The fourth-order valence-electron chi connectivity index (χ4n) is 3.41. The van der Waals surface area contributed by atoms with Gasteiger partial charge in [0, 0.05) is 10.4 Å². The molecule has 0 saturated heterocycles. The van der Waals surface area contributed by atoms with Crippen molar-refractivity contribution in [1.82, 2.24) is 10.9 Å². The molecule has 1 heterocycles. The predicted molar refractivity (Wildman–Crippen MR) is 122 cm³/mol. The normalized spacial score (nSPS) is 12.7. The number of hydrazine groups is 1. The van der Waals surface area contributed by atoms with Gasteiger partial charge < -0.3 is 4.74 Å². The van der Waals surface area contributed by atoms with Gasteiger partial charge in [-0.15, -0.1) is 11.3 Å². The van der Waals surface area contributed by atoms with E-state index in [1.807, 2.05) is 6.07 Å². The largest absolute Gasteiger partial charge is 0.495 e. The van der Waals surface area contributed by atoms with Crippen LogP contribution in [0.1, 0.15) is 36.9 Å². The Kier molecular flexibility index (Phi) is 6.15. The van der Waals surface area contributed by atoms with Crippen molar-refractivity contribution in [1.29, 1.82) is 0 Å². The Morgan fingerprint density at radius 2 is 1.69 bits per heavy atom. The second kappa shape index (κ2) is 9.01. The Morgan fingerprint density at radius 1 is 0.969 bits per heavy atom. The smallest absolute Gasteiger partial charge is 0.279 e. The van der Waals surface area contributed by atoms with Gasteiger partial charge in [0.25, 0.3) is 21.8 Å². The minimum atomic E-state index is -3.88. The Balaban J connectivity index is 1.39. The number of nitrogens with one attached hydrogen (secondary N) is 3. The fraction of sp³-hybridized carbons (Fsp3) is 0.182. The van der Waals surface area contributed by atoms with Crippen LogP contribution in [0.4, 0.5) is 5.69 Å². The lowest BCUT2D eigenvalue weighted by Gasteiger charge is -2.12. The van der Waals surface area contributed by atoms with Crippen LogP contribution >= 0.6 is 11.3 Å². The summed E-state index contributed by atoms with van der Waals surface area (Å²) in [6, 6.07) is 13.9. The van der Waals surface area contributed by atoms with Gasteiger partial charge in [-0.25, -0.2) is 8.42 Å². The van der Waals surface area contributed by atoms with Gasteiger partial charge in [-0.1, -0.05) is 12.1 Å². The first-order valence-electron chi connectivity index (χ1n) is 9.85. The summed E-state index contributed by atoms with van der Waals surface area (Å²) in [5.41, 5.74) is 6.47. The maximum absolute atomic E-state index is 12.7. The van der Waals surface area contributed by atoms with Crippen LogP contribution in [0.3, 0.4) is 0 Å². The molecule has 2 amide bonds. The van der Waals surface area contributed by atoms with E-state index in [-0.39, 0.29) is 16.4 Å². The summed E-state index contributed by atoms with van der Waals surface area (Å²) in [7, 11) is -2.43. The number of amides is 2. The number of carbonyl (C=O) groups is 2. The van der Waals surface area contributed by atoms with Crippen LogP contribution in [0.5, 0.6) is 5.75 Å². The summed E-state index contributed by atoms with van der Waals surface area (Å²) in [5, 5.41) is 0. The van der Waals surface area contributed by atoms with E-state index in [9.17, 15) is 18.0 Å². The molecule has 0 atom stereocenters. The van der Waals surface area contributed by atoms with E-state index in [2.05, 4.69) is 15.6 Å². The minimum absolute atomic E-state index is 0.0166. The van der Waals surface area contributed by atoms with Gasteiger partial charge in [0.15, 0.2) is 0 Å². The van der Waals surface area contributed by atoms with Crippen LogP contribution in [0, 0.1) is 0 Å². The SMILES string of the molecule is COc1ccccc1NS(=O)(=O)c1ccc(C(=O)NNC(=O)c2cc3c(s2)CCC3)cc1. The minimum Gasteiger partial charge on any atom is -0.495 e. The number of thiophene rings is 1. The lowest BCUT2D eigenvalue weighted by Crippen LogP contribution is -2.41. The van der Waals surface area contributed by atoms with Crippen LogP contribution < -0.4 is 20.3 Å². The summed E-state index contributed by atoms with van der Waals surface area (Å²) in [4.78, 5) is 26.4. The lowest BCUT2D eigenvalue weighted by molar-refractivity contribution is 0.0849. The van der Waals surface area contributed by atoms with E-state index in [4.69, 9.17) is 4.74 Å². The Hall–Kier alpha value is -3.37. The third kappa shape index (κ3) is 4.61. The van der Waals surface area contributed by atoms with E-state index < -0.39 is 15.9 Å². The number of hydrogen-bond donors (Lipinski definition) is 3. The van der Waals surface area contributed by atoms with Crippen molar-refractivity contribution in [3.8, 4) is 5.75 Å². The average Bonchev–Trinajstić information content (AvgIpc) is 3.40. The quantitative estimate of drug-likeness (QED) is 0.478. The number of aryl methyl sites for hydroxylation is 2. The molecule has 8 nitrogen and oxygen atoms in total. The second-order valence-electron chi connectivity index (χ2n) is 7.15. The molecule has 0 saturated carbocycles. The molecule has 1 aliphatic rings. The first-order chi connectivity index (χ1) is 15.4. The van der Waals surface area contributed by atoms with Crippen molar-refractivity contribution in [2.45, 2.75) is 24.2 Å². The maximum atomic E-state index is 12.7. The number of fused-ring (bicyclic) bond motifs is 1. The molecule has 0 aliphatic heterocycles. The number of rotatable bonds is 6. The van der Waals surface area contributed by atoms with Crippen LogP contribution in [0.25, 0.3) is 0 Å². The molecule has 1 aromatic heterocycles. The summed E-state index contributed by atoms with van der Waals surface area (Å²) >= 11 is 1.44. The molecule has 2 aromatic carbocycles. The van der Waals surface area contributed by atoms with E-state index in [0.717, 1.165) is 19.3 Å². The number of para-hydroxylation sites is 2. The molecule has 3 N–H and O–H groups in total. The zero-order chi connectivity index (χ0) is 22.7. The highest BCUT2D eigenvalue weighted by molar-refractivity contribution is 7.92. The van der Waals surface area contributed by atoms with Crippen LogP contribution in [0.2, 0.25) is 0 Å². The van der Waals surface area contributed by atoms with Gasteiger partial charge in [-0.05, 0) is 67.3 Å². The van der Waals surface area contributed by atoms with E-state index in [1.54, 1.807) is 24.3 Å². The van der Waals surface area contributed by atoms with Gasteiger partial charge in [-0.2, -0.15) is 0 Å². The number of hydrogen-bond acceptors (Lipinski definition) is 6. The summed E-state index contributed by atoms with van der Waals surface area (Å²) < 4.78 is 32.9. The molecular weight excluding hydrogens is 450 g/mol. The molecule has 10 heteroatoms. The standard InChI is InChI=1S/C22H21N3O5S2/c1-30-18-7-3-2-6-17(18)25-32(28,29)16-11-9-14(10-12-16)21(26)23-24-22(27)20-13-15-5-4-8-19(15)31-20/h2-3,6-7,9-13,25H,4-5,8H2,1H3,(H,23,26)(H,24,27). The van der Waals surface area contributed by atoms with Gasteiger partial charge in [0.1, 0.15) is 5.75 Å². The summed E-state index contributed by atoms with van der Waals surface area (Å²) in [6.07, 6.45) is 3.08. The van der Waals surface area contributed by atoms with Crippen LogP contribution in [-0.4, -0.2) is 27.3 Å². The van der Waals surface area contributed by atoms with E-state index >= 15 is 0 Å². The molecule has 0 unspecified atom stereocenters. The van der Waals surface area contributed by atoms with Crippen molar-refractivity contribution in [2.75, 3.05) is 11.8 Å². The summed E-state index contributed by atoms with van der Waals surface area (Å²) in [5.74, 6) is -0.541. The fourth-order valence-corrected chi connectivity index (χ4v) is 5.63. The van der Waals surface area contributed by atoms with Gasteiger partial charge in [0.05, 0.1) is 22.6 Å². The molecular formula is C22H21N3O5S2. The van der Waals surface area contributed by atoms with Gasteiger partial charge in [0.2, 0.25) is 0 Å². The second-order valence-corrected chi connectivity index (χ2v) is 9.97. The topological polar surface area (TPSA) is 114 Å². The number of carbonyl (C=O) groups excluding carboxylic acids is 2. The van der Waals surface area contributed by atoms with Crippen molar-refractivity contribution >= 4 is 38.9 Å². The van der Waals surface area contributed by atoms with Crippen molar-refractivity contribution in [3.05, 3.63) is 75.5 Å². The Bertz CT molecular complexity index is 1250. The predicted octanol–water partition coefficient (Wildman–Crippen LogP) is 3.12. The zero-order valence-corrected chi connectivity index (χ0v) is 18.8. The Labute approximate surface area is 189 Å². The van der Waals surface area contributed by atoms with Gasteiger partial charge >= 0.3 is 0 Å². The van der Waals surface area contributed by atoms with Gasteiger partial charge in [-0.3, -0.25) is 25.2 Å². The van der Waals surface area contributed by atoms with E-state index in [0.29, 0.717) is 16.3 Å². The molecule has 32 heavy (non-hydrogen) atoms. The molecule has 0 bridgehead atoms.